The van der Waals surface area contributed by atoms with Gasteiger partial charge in [0.15, 0.2) is 11.6 Å². The number of nitrogens with two attached hydrogens (primary N) is 1. The molecule has 1 unspecified atom stereocenters. The van der Waals surface area contributed by atoms with Crippen molar-refractivity contribution in [3.63, 3.8) is 0 Å². The van der Waals surface area contributed by atoms with Gasteiger partial charge in [0, 0.05) is 63.0 Å². The van der Waals surface area contributed by atoms with Gasteiger partial charge in [0.2, 0.25) is 0 Å². The van der Waals surface area contributed by atoms with Crippen LogP contribution in [0.15, 0.2) is 40.9 Å². The Labute approximate surface area is 193 Å². The summed E-state index contributed by atoms with van der Waals surface area (Å²) < 4.78 is 20.2. The summed E-state index contributed by atoms with van der Waals surface area (Å²) in [6, 6.07) is 2.31. The molecule has 1 saturated carbocycles. The molecule has 0 aromatic heterocycles. The van der Waals surface area contributed by atoms with Crippen LogP contribution < -0.4 is 21.1 Å². The second-order valence-electron chi connectivity index (χ2n) is 8.74. The van der Waals surface area contributed by atoms with Crippen LogP contribution in [0, 0.1) is 16.6 Å². The largest absolute Gasteiger partial charge is 0.484 e. The predicted molar refractivity (Wildman–Crippen MR) is 128 cm³/mol. The average molecular weight is 455 g/mol. The number of halogens is 1. The van der Waals surface area contributed by atoms with Crippen molar-refractivity contribution in [2.75, 3.05) is 39.0 Å². The van der Waals surface area contributed by atoms with Gasteiger partial charge in [0.25, 0.3) is 0 Å². The summed E-state index contributed by atoms with van der Waals surface area (Å²) in [5.41, 5.74) is 7.45. The molecule has 0 bridgehead atoms. The number of ether oxygens (including phenoxy) is 1. The first-order valence-corrected chi connectivity index (χ1v) is 11.1. The lowest BCUT2D eigenvalue weighted by Crippen LogP contribution is -2.47. The lowest BCUT2D eigenvalue weighted by molar-refractivity contribution is 0.191. The normalized spacial score (nSPS) is 21.7. The molecular formula is C23H31FN8O. The van der Waals surface area contributed by atoms with Crippen molar-refractivity contribution in [2.24, 2.45) is 4.99 Å². The molecule has 4 rings (SSSR count). The molecule has 1 aromatic carbocycles. The summed E-state index contributed by atoms with van der Waals surface area (Å²) in [5.74, 6) is 0.395. The Morgan fingerprint density at radius 1 is 1.33 bits per heavy atom. The van der Waals surface area contributed by atoms with Crippen LogP contribution in [0.25, 0.3) is 0 Å². The quantitative estimate of drug-likeness (QED) is 0.302. The summed E-state index contributed by atoms with van der Waals surface area (Å²) in [5, 5.41) is 22.4. The minimum absolute atomic E-state index is 0.130. The number of nitrogen functional groups attached to an aromatic ring is 1. The predicted octanol–water partition coefficient (Wildman–Crippen LogP) is 1.88. The van der Waals surface area contributed by atoms with Crippen molar-refractivity contribution in [3.8, 4) is 5.75 Å². The molecular weight excluding hydrogens is 423 g/mol. The van der Waals surface area contributed by atoms with Crippen molar-refractivity contribution in [2.45, 2.75) is 31.4 Å². The van der Waals surface area contributed by atoms with Crippen LogP contribution in [0.3, 0.4) is 0 Å². The van der Waals surface area contributed by atoms with Crippen LogP contribution in [-0.2, 0) is 0 Å². The second-order valence-corrected chi connectivity index (χ2v) is 8.74. The average Bonchev–Trinajstić information content (AvgIpc) is 3.55. The summed E-state index contributed by atoms with van der Waals surface area (Å²) in [6.07, 6.45) is 8.42. The fourth-order valence-corrected chi connectivity index (χ4v) is 3.93. The third-order valence-corrected chi connectivity index (χ3v) is 6.19. The highest BCUT2D eigenvalue weighted by atomic mass is 19.1. The highest BCUT2D eigenvalue weighted by Gasteiger charge is 2.41. The van der Waals surface area contributed by atoms with Gasteiger partial charge in [0.05, 0.1) is 23.8 Å². The maximum atomic E-state index is 14.4. The van der Waals surface area contributed by atoms with E-state index < -0.39 is 11.9 Å². The molecule has 33 heavy (non-hydrogen) atoms. The number of anilines is 1. The Kier molecular flexibility index (Phi) is 6.26. The zero-order chi connectivity index (χ0) is 23.6. The maximum absolute atomic E-state index is 14.4. The summed E-state index contributed by atoms with van der Waals surface area (Å²) in [4.78, 5) is 8.77. The van der Waals surface area contributed by atoms with E-state index in [1.807, 2.05) is 26.2 Å². The maximum Gasteiger partial charge on any atom is 0.167 e. The van der Waals surface area contributed by atoms with Crippen LogP contribution in [0.1, 0.15) is 25.3 Å². The Morgan fingerprint density at radius 2 is 2.06 bits per heavy atom. The Hall–Kier alpha value is -3.56. The zero-order valence-corrected chi connectivity index (χ0v) is 19.0. The van der Waals surface area contributed by atoms with E-state index in [2.05, 4.69) is 25.4 Å². The fraction of sp³-hybridized carbons (Fsp3) is 0.435. The lowest BCUT2D eigenvalue weighted by atomic mass is 10.00. The van der Waals surface area contributed by atoms with Crippen molar-refractivity contribution in [1.82, 2.24) is 20.4 Å². The molecule has 1 saturated heterocycles. The minimum atomic E-state index is -0.513. The molecule has 10 heteroatoms. The molecule has 6 N–H and O–H groups in total. The number of aliphatic imine (C=N–C) groups is 1. The minimum Gasteiger partial charge on any atom is -0.484 e. The Bertz CT molecular complexity index is 1020. The number of nitrogens with zero attached hydrogens (tertiary/aromatic N) is 3. The third kappa shape index (κ3) is 4.94. The zero-order valence-electron chi connectivity index (χ0n) is 19.0. The van der Waals surface area contributed by atoms with Crippen molar-refractivity contribution >= 4 is 24.0 Å². The van der Waals surface area contributed by atoms with E-state index in [0.717, 1.165) is 50.5 Å². The highest BCUT2D eigenvalue weighted by Crippen LogP contribution is 2.41. The van der Waals surface area contributed by atoms with E-state index in [-0.39, 0.29) is 22.7 Å². The molecule has 176 valence electrons. The van der Waals surface area contributed by atoms with Crippen LogP contribution >= 0.6 is 0 Å². The van der Waals surface area contributed by atoms with Gasteiger partial charge in [-0.25, -0.2) is 9.38 Å². The number of hydrogen-bond donors (Lipinski definition) is 5. The molecule has 1 aromatic rings. The van der Waals surface area contributed by atoms with E-state index in [0.29, 0.717) is 5.56 Å². The van der Waals surface area contributed by atoms with Gasteiger partial charge in [-0.05, 0) is 31.9 Å². The molecule has 2 heterocycles. The van der Waals surface area contributed by atoms with Crippen molar-refractivity contribution in [1.29, 1.82) is 10.8 Å². The molecule has 9 nitrogen and oxygen atoms in total. The van der Waals surface area contributed by atoms with Gasteiger partial charge in [0.1, 0.15) is 11.4 Å². The van der Waals surface area contributed by atoms with Crippen LogP contribution in [0.4, 0.5) is 10.1 Å². The molecule has 0 amide bonds. The van der Waals surface area contributed by atoms with Gasteiger partial charge < -0.3 is 41.7 Å². The number of benzene rings is 1. The molecule has 1 atom stereocenters. The van der Waals surface area contributed by atoms with Gasteiger partial charge in [-0.2, -0.15) is 0 Å². The van der Waals surface area contributed by atoms with E-state index in [1.54, 1.807) is 6.34 Å². The van der Waals surface area contributed by atoms with Crippen LogP contribution in [0.2, 0.25) is 0 Å². The number of piperazine rings is 1. The summed E-state index contributed by atoms with van der Waals surface area (Å²) in [6.45, 7) is 4.95. The summed E-state index contributed by atoms with van der Waals surface area (Å²) >= 11 is 0. The van der Waals surface area contributed by atoms with Gasteiger partial charge >= 0.3 is 0 Å². The van der Waals surface area contributed by atoms with Gasteiger partial charge in [-0.1, -0.05) is 0 Å². The number of allylic oxidation sites excluding steroid dienone is 1. The number of rotatable bonds is 8. The van der Waals surface area contributed by atoms with E-state index in [1.165, 1.54) is 18.3 Å². The number of nitrogens with one attached hydrogen (secondary N) is 4. The van der Waals surface area contributed by atoms with E-state index >= 15 is 0 Å². The third-order valence-electron chi connectivity index (χ3n) is 6.19. The van der Waals surface area contributed by atoms with E-state index in [4.69, 9.17) is 21.3 Å². The molecule has 0 radical (unpaired) electrons. The molecule has 0 spiro atoms. The Morgan fingerprint density at radius 3 is 2.70 bits per heavy atom. The standard InChI is InChI=1S/C23H31FN8O/c1-23(3-4-23)33-20-9-16(18(26)10-17(20)24)22(27)19-11-21(30-14-29-19)32-7-5-31(6-8-32)15(12-25)13-28-2/h9-14,19,25,27-28H,3-8,26H2,1-2H3,(H,29,30)/b15-13+,25-12?,27-22?. The van der Waals surface area contributed by atoms with Crippen LogP contribution in [0.5, 0.6) is 5.75 Å². The topological polar surface area (TPSA) is 126 Å². The van der Waals surface area contributed by atoms with Gasteiger partial charge in [-0.3, -0.25) is 0 Å². The Balaban J connectivity index is 1.47. The van der Waals surface area contributed by atoms with Crippen molar-refractivity contribution < 1.29 is 9.13 Å². The molecule has 3 aliphatic rings. The van der Waals surface area contributed by atoms with Gasteiger partial charge in [-0.15, -0.1) is 0 Å². The first kappa shape index (κ1) is 22.6. The molecule has 1 aliphatic carbocycles. The fourth-order valence-electron chi connectivity index (χ4n) is 3.93. The van der Waals surface area contributed by atoms with E-state index in [9.17, 15) is 4.39 Å². The SMILES string of the molecule is CN/C=C(\C=N)N1CCN(C2=CC(C(=N)c3cc(OC4(C)CC4)c(F)cc3N)NC=N2)CC1. The van der Waals surface area contributed by atoms with Crippen molar-refractivity contribution in [3.05, 3.63) is 47.3 Å². The first-order valence-electron chi connectivity index (χ1n) is 11.1. The second kappa shape index (κ2) is 9.13. The number of hydrogen-bond acceptors (Lipinski definition) is 9. The highest BCUT2D eigenvalue weighted by molar-refractivity contribution is 6.08. The lowest BCUT2D eigenvalue weighted by Gasteiger charge is -2.38. The smallest absolute Gasteiger partial charge is 0.167 e. The monoisotopic (exact) mass is 454 g/mol. The molecule has 2 aliphatic heterocycles. The summed E-state index contributed by atoms with van der Waals surface area (Å²) in [7, 11) is 1.82. The molecule has 2 fully saturated rings. The first-order chi connectivity index (χ1) is 15.8. The van der Waals surface area contributed by atoms with Crippen LogP contribution in [-0.4, -0.2) is 72.9 Å².